The van der Waals surface area contributed by atoms with Crippen molar-refractivity contribution in [3.05, 3.63) is 35.5 Å². The summed E-state index contributed by atoms with van der Waals surface area (Å²) >= 11 is 0. The fourth-order valence-electron chi connectivity index (χ4n) is 2.82. The number of amides is 2. The molecular formula is C19H28N3O5+. The number of ether oxygens (including phenoxy) is 3. The summed E-state index contributed by atoms with van der Waals surface area (Å²) in [6.45, 7) is 5.50. The molecule has 0 saturated carbocycles. The summed E-state index contributed by atoms with van der Waals surface area (Å²) in [6, 6.07) is 6.68. The molecule has 0 aliphatic carbocycles. The zero-order valence-corrected chi connectivity index (χ0v) is 16.3. The Morgan fingerprint density at radius 2 is 1.89 bits per heavy atom. The van der Waals surface area contributed by atoms with Crippen LogP contribution in [0.2, 0.25) is 0 Å². The molecule has 8 heteroatoms. The predicted octanol–water partition coefficient (Wildman–Crippen LogP) is 0.107. The van der Waals surface area contributed by atoms with E-state index in [9.17, 15) is 9.59 Å². The van der Waals surface area contributed by atoms with Gasteiger partial charge in [-0.15, -0.1) is 0 Å². The smallest absolute Gasteiger partial charge is 0.338 e. The second kappa shape index (κ2) is 9.82. The zero-order chi connectivity index (χ0) is 19.8. The van der Waals surface area contributed by atoms with E-state index in [4.69, 9.17) is 14.2 Å². The summed E-state index contributed by atoms with van der Waals surface area (Å²) < 4.78 is 16.0. The summed E-state index contributed by atoms with van der Waals surface area (Å²) in [6.07, 6.45) is 0. The lowest BCUT2D eigenvalue weighted by molar-refractivity contribution is -0.874. The number of hydrogen-bond acceptors (Lipinski definition) is 5. The maximum Gasteiger partial charge on any atom is 0.338 e. The third kappa shape index (κ3) is 5.89. The fourth-order valence-corrected chi connectivity index (χ4v) is 2.82. The van der Waals surface area contributed by atoms with E-state index in [1.807, 2.05) is 31.3 Å². The van der Waals surface area contributed by atoms with Crippen LogP contribution in [0.1, 0.15) is 13.8 Å². The average molecular weight is 378 g/mol. The van der Waals surface area contributed by atoms with Crippen LogP contribution in [-0.2, 0) is 9.53 Å². The summed E-state index contributed by atoms with van der Waals surface area (Å²) in [5.41, 5.74) is 1.05. The Labute approximate surface area is 159 Å². The Bertz CT molecular complexity index is 687. The van der Waals surface area contributed by atoms with Crippen molar-refractivity contribution >= 4 is 12.0 Å². The van der Waals surface area contributed by atoms with Crippen molar-refractivity contribution in [1.82, 2.24) is 10.6 Å². The van der Waals surface area contributed by atoms with Gasteiger partial charge >= 0.3 is 12.0 Å². The highest BCUT2D eigenvalue weighted by Gasteiger charge is 2.31. The summed E-state index contributed by atoms with van der Waals surface area (Å²) in [7, 11) is 3.60. The highest BCUT2D eigenvalue weighted by Crippen LogP contribution is 2.16. The van der Waals surface area contributed by atoms with Crippen LogP contribution in [-0.4, -0.2) is 58.5 Å². The van der Waals surface area contributed by atoms with Crippen molar-refractivity contribution < 1.29 is 28.7 Å². The number of nitrogens with one attached hydrogen (secondary N) is 3. The number of urea groups is 1. The normalized spacial score (nSPS) is 17.6. The number of benzene rings is 1. The third-order valence-electron chi connectivity index (χ3n) is 4.20. The van der Waals surface area contributed by atoms with Crippen LogP contribution in [0.25, 0.3) is 0 Å². The van der Waals surface area contributed by atoms with Gasteiger partial charge in [-0.1, -0.05) is 0 Å². The van der Waals surface area contributed by atoms with Crippen molar-refractivity contribution in [1.29, 1.82) is 0 Å². The Morgan fingerprint density at radius 3 is 2.52 bits per heavy atom. The molecule has 2 atom stereocenters. The van der Waals surface area contributed by atoms with Crippen molar-refractivity contribution in [2.75, 3.05) is 40.5 Å². The fraction of sp³-hybridized carbons (Fsp3) is 0.474. The topological polar surface area (TPSA) is 90.3 Å². The second-order valence-electron chi connectivity index (χ2n) is 6.34. The molecule has 1 heterocycles. The summed E-state index contributed by atoms with van der Waals surface area (Å²) in [5.74, 6) is 1.13. The molecule has 0 aromatic heterocycles. The van der Waals surface area contributed by atoms with Crippen LogP contribution in [0.15, 0.2) is 35.5 Å². The van der Waals surface area contributed by atoms with E-state index in [-0.39, 0.29) is 12.6 Å². The van der Waals surface area contributed by atoms with E-state index in [1.165, 1.54) is 0 Å². The number of esters is 1. The molecule has 1 aliphatic rings. The molecule has 8 nitrogen and oxygen atoms in total. The van der Waals surface area contributed by atoms with Gasteiger partial charge in [0, 0.05) is 0 Å². The minimum absolute atomic E-state index is 0.286. The molecular weight excluding hydrogens is 350 g/mol. The van der Waals surface area contributed by atoms with Gasteiger partial charge in [0.1, 0.15) is 31.2 Å². The van der Waals surface area contributed by atoms with E-state index in [1.54, 1.807) is 21.0 Å². The zero-order valence-electron chi connectivity index (χ0n) is 16.3. The molecule has 0 bridgehead atoms. The van der Waals surface area contributed by atoms with Gasteiger partial charge in [-0.05, 0) is 38.1 Å². The largest absolute Gasteiger partial charge is 0.497 e. The van der Waals surface area contributed by atoms with Crippen LogP contribution in [0, 0.1) is 0 Å². The van der Waals surface area contributed by atoms with Gasteiger partial charge in [-0.25, -0.2) is 9.59 Å². The molecule has 0 fully saturated rings. The molecule has 0 radical (unpaired) electrons. The van der Waals surface area contributed by atoms with E-state index in [0.717, 1.165) is 16.4 Å². The monoisotopic (exact) mass is 378 g/mol. The predicted molar refractivity (Wildman–Crippen MR) is 99.9 cm³/mol. The Kier molecular flexibility index (Phi) is 7.48. The molecule has 2 amide bonds. The molecule has 1 aromatic rings. The maximum atomic E-state index is 12.2. The first-order valence-corrected chi connectivity index (χ1v) is 9.00. The van der Waals surface area contributed by atoms with Crippen molar-refractivity contribution in [3.8, 4) is 11.5 Å². The first kappa shape index (κ1) is 20.6. The molecule has 0 spiro atoms. The van der Waals surface area contributed by atoms with E-state index in [2.05, 4.69) is 10.6 Å². The van der Waals surface area contributed by atoms with Crippen LogP contribution in [0.4, 0.5) is 4.79 Å². The third-order valence-corrected chi connectivity index (χ3v) is 4.20. The van der Waals surface area contributed by atoms with E-state index >= 15 is 0 Å². The second-order valence-corrected chi connectivity index (χ2v) is 6.34. The minimum Gasteiger partial charge on any atom is -0.497 e. The molecule has 148 valence electrons. The number of carbonyl (C=O) groups is 2. The first-order valence-electron chi connectivity index (χ1n) is 9.00. The molecule has 0 saturated heterocycles. The van der Waals surface area contributed by atoms with Gasteiger partial charge in [0.25, 0.3) is 0 Å². The standard InChI is InChI=1S/C19H27N3O5/c1-5-26-18(23)17-13(2)20-19(24)21-16(17)12-22(3)10-11-27-15-8-6-14(25-4)7-9-15/h6-9,13H,5,10-12H2,1-4H3,(H2,20,21,24)/p+1/t13-/m1/s1. The number of likely N-dealkylation sites (N-methyl/N-ethyl adjacent to an activating group) is 1. The Balaban J connectivity index is 1.94. The number of quaternary nitrogens is 1. The number of carbonyl (C=O) groups excluding carboxylic acids is 2. The van der Waals surface area contributed by atoms with Crippen LogP contribution in [0.5, 0.6) is 11.5 Å². The van der Waals surface area contributed by atoms with E-state index < -0.39 is 12.0 Å². The number of methoxy groups -OCH3 is 1. The summed E-state index contributed by atoms with van der Waals surface area (Å²) in [5, 5.41) is 5.43. The highest BCUT2D eigenvalue weighted by atomic mass is 16.5. The van der Waals surface area contributed by atoms with Gasteiger partial charge in [0.05, 0.1) is 38.1 Å². The lowest BCUT2D eigenvalue weighted by Gasteiger charge is -2.27. The van der Waals surface area contributed by atoms with Crippen LogP contribution >= 0.6 is 0 Å². The molecule has 1 aromatic carbocycles. The van der Waals surface area contributed by atoms with Gasteiger partial charge < -0.3 is 29.7 Å². The lowest BCUT2D eigenvalue weighted by Crippen LogP contribution is -3.10. The number of hydrogen-bond donors (Lipinski definition) is 3. The first-order chi connectivity index (χ1) is 12.9. The average Bonchev–Trinajstić information content (AvgIpc) is 2.62. The van der Waals surface area contributed by atoms with Crippen molar-refractivity contribution in [2.24, 2.45) is 0 Å². The quantitative estimate of drug-likeness (QED) is 0.531. The highest BCUT2D eigenvalue weighted by molar-refractivity contribution is 5.94. The van der Waals surface area contributed by atoms with Gasteiger partial charge in [-0.2, -0.15) is 0 Å². The maximum absolute atomic E-state index is 12.2. The Hall–Kier alpha value is -2.74. The Morgan fingerprint density at radius 1 is 1.22 bits per heavy atom. The van der Waals surface area contributed by atoms with Crippen LogP contribution < -0.4 is 25.0 Å². The van der Waals surface area contributed by atoms with Gasteiger partial charge in [0.2, 0.25) is 0 Å². The van der Waals surface area contributed by atoms with Crippen molar-refractivity contribution in [2.45, 2.75) is 19.9 Å². The molecule has 1 aliphatic heterocycles. The minimum atomic E-state index is -0.408. The van der Waals surface area contributed by atoms with Crippen LogP contribution in [0.3, 0.4) is 0 Å². The van der Waals surface area contributed by atoms with Gasteiger partial charge in [0.15, 0.2) is 0 Å². The molecule has 3 N–H and O–H groups in total. The SMILES string of the molecule is CCOC(=O)C1=C(C[NH+](C)CCOc2ccc(OC)cc2)NC(=O)N[C@@H]1C. The molecule has 1 unspecified atom stereocenters. The van der Waals surface area contributed by atoms with Gasteiger partial charge in [-0.3, -0.25) is 0 Å². The van der Waals surface area contributed by atoms with E-state index in [0.29, 0.717) is 31.0 Å². The number of rotatable bonds is 9. The molecule has 2 rings (SSSR count). The summed E-state index contributed by atoms with van der Waals surface area (Å²) in [4.78, 5) is 25.1. The molecule has 27 heavy (non-hydrogen) atoms. The lowest BCUT2D eigenvalue weighted by atomic mass is 10.0. The van der Waals surface area contributed by atoms with Crippen molar-refractivity contribution in [3.63, 3.8) is 0 Å².